The van der Waals surface area contributed by atoms with Gasteiger partial charge in [0.2, 0.25) is 0 Å². The fourth-order valence-corrected chi connectivity index (χ4v) is 1.84. The van der Waals surface area contributed by atoms with E-state index in [1.165, 1.54) is 12.4 Å². The zero-order valence-corrected chi connectivity index (χ0v) is 7.11. The molecule has 0 nitrogen and oxygen atoms in total. The lowest BCUT2D eigenvalue weighted by Gasteiger charge is -1.94. The molecule has 0 saturated carbocycles. The lowest BCUT2D eigenvalue weighted by atomic mass is 9.53. The summed E-state index contributed by atoms with van der Waals surface area (Å²) < 4.78 is 0. The molecule has 0 aromatic heterocycles. The third kappa shape index (κ3) is 6.28. The number of rotatable bonds is 3. The maximum atomic E-state index is 2.38. The van der Waals surface area contributed by atoms with Crippen molar-refractivity contribution in [2.75, 3.05) is 0 Å². The lowest BCUT2D eigenvalue weighted by Crippen LogP contribution is -1.98. The molecule has 2 heteroatoms. The van der Waals surface area contributed by atoms with Gasteiger partial charge in [0, 0.05) is 9.52 Å². The second-order valence-corrected chi connectivity index (χ2v) is 4.24. The molecule has 42 valence electrons. The first-order chi connectivity index (χ1) is 3.27. The minimum atomic E-state index is 0.371. The number of hydrogen-bond donors (Lipinski definition) is 0. The molecule has 0 N–H and O–H groups in total. The Balaban J connectivity index is 2.68. The fourth-order valence-electron chi connectivity index (χ4n) is 0.612. The van der Waals surface area contributed by atoms with Crippen LogP contribution in [-0.4, -0.2) is 16.2 Å². The van der Waals surface area contributed by atoms with Gasteiger partial charge in [0.25, 0.3) is 0 Å². The summed E-state index contributed by atoms with van der Waals surface area (Å²) in [6.45, 7) is 7.91. The molecular formula is C5H15BSi. The van der Waals surface area contributed by atoms with Gasteiger partial charge in [-0.2, -0.15) is 0 Å². The summed E-state index contributed by atoms with van der Waals surface area (Å²) in [6.07, 6.45) is 1.46. The summed E-state index contributed by atoms with van der Waals surface area (Å²) in [4.78, 5) is 0. The van der Waals surface area contributed by atoms with Crippen molar-refractivity contribution in [2.24, 2.45) is 0 Å². The van der Waals surface area contributed by atoms with E-state index in [0.717, 1.165) is 6.71 Å². The Kier molecular flexibility index (Phi) is 4.62. The van der Waals surface area contributed by atoms with Gasteiger partial charge in [-0.1, -0.05) is 32.6 Å². The second-order valence-electron chi connectivity index (χ2n) is 2.54. The van der Waals surface area contributed by atoms with E-state index in [2.05, 4.69) is 20.2 Å². The second kappa shape index (κ2) is 4.44. The van der Waals surface area contributed by atoms with Crippen molar-refractivity contribution in [2.45, 2.75) is 32.6 Å². The van der Waals surface area contributed by atoms with Crippen LogP contribution in [0.5, 0.6) is 0 Å². The zero-order valence-electron chi connectivity index (χ0n) is 5.70. The van der Waals surface area contributed by atoms with E-state index < -0.39 is 0 Å². The first kappa shape index (κ1) is 7.28. The average molecular weight is 114 g/mol. The van der Waals surface area contributed by atoms with E-state index in [9.17, 15) is 0 Å². The predicted molar refractivity (Wildman–Crippen MR) is 41.5 cm³/mol. The van der Waals surface area contributed by atoms with Crippen LogP contribution in [0.25, 0.3) is 0 Å². The van der Waals surface area contributed by atoms with E-state index >= 15 is 0 Å². The molecular weight excluding hydrogens is 99.0 g/mol. The lowest BCUT2D eigenvalue weighted by molar-refractivity contribution is 1.38. The van der Waals surface area contributed by atoms with E-state index in [1.54, 1.807) is 0 Å². The Morgan fingerprint density at radius 2 is 2.00 bits per heavy atom. The molecule has 0 aromatic carbocycles. The zero-order chi connectivity index (χ0) is 5.70. The van der Waals surface area contributed by atoms with Crippen LogP contribution in [0.3, 0.4) is 0 Å². The standard InChI is InChI=1S/C5H15BSi/c1-6(2)4-5-7-3/h4-5,7H2,1-3H3. The van der Waals surface area contributed by atoms with Crippen molar-refractivity contribution >= 4 is 16.2 Å². The van der Waals surface area contributed by atoms with Gasteiger partial charge in [-0.05, 0) is 0 Å². The predicted octanol–water partition coefficient (Wildman–Crippen LogP) is 1.38. The highest BCUT2D eigenvalue weighted by molar-refractivity contribution is 6.57. The van der Waals surface area contributed by atoms with Crippen molar-refractivity contribution < 1.29 is 0 Å². The summed E-state index contributed by atoms with van der Waals surface area (Å²) in [6, 6.07) is 1.54. The smallest absolute Gasteiger partial charge is 0.0863 e. The Labute approximate surface area is 49.6 Å². The topological polar surface area (TPSA) is 0 Å². The monoisotopic (exact) mass is 114 g/mol. The molecule has 0 rings (SSSR count). The van der Waals surface area contributed by atoms with E-state index in [4.69, 9.17) is 0 Å². The van der Waals surface area contributed by atoms with Gasteiger partial charge in [-0.15, -0.1) is 0 Å². The van der Waals surface area contributed by atoms with E-state index in [1.807, 2.05) is 0 Å². The van der Waals surface area contributed by atoms with Crippen LogP contribution in [0.2, 0.25) is 32.6 Å². The van der Waals surface area contributed by atoms with Crippen LogP contribution in [0, 0.1) is 0 Å². The summed E-state index contributed by atoms with van der Waals surface area (Å²) >= 11 is 0. The molecule has 0 spiro atoms. The third-order valence-corrected chi connectivity index (χ3v) is 2.25. The Bertz CT molecular complexity index is 37.1. The highest BCUT2D eigenvalue weighted by Crippen LogP contribution is 1.94. The van der Waals surface area contributed by atoms with Crippen molar-refractivity contribution in [1.29, 1.82) is 0 Å². The first-order valence-electron chi connectivity index (χ1n) is 3.27. The van der Waals surface area contributed by atoms with Crippen LogP contribution in [0.1, 0.15) is 0 Å². The van der Waals surface area contributed by atoms with Crippen molar-refractivity contribution in [3.63, 3.8) is 0 Å². The van der Waals surface area contributed by atoms with Gasteiger partial charge in [0.15, 0.2) is 0 Å². The van der Waals surface area contributed by atoms with E-state index in [0.29, 0.717) is 9.52 Å². The van der Waals surface area contributed by atoms with Crippen LogP contribution in [0.15, 0.2) is 0 Å². The summed E-state index contributed by atoms with van der Waals surface area (Å²) in [7, 11) is 0.371. The maximum absolute atomic E-state index is 2.38. The molecule has 0 amide bonds. The summed E-state index contributed by atoms with van der Waals surface area (Å²) in [5, 5.41) is 0. The molecule has 0 fully saturated rings. The Morgan fingerprint density at radius 3 is 2.14 bits per heavy atom. The molecule has 0 aliphatic carbocycles. The van der Waals surface area contributed by atoms with Crippen LogP contribution in [0.4, 0.5) is 0 Å². The minimum absolute atomic E-state index is 0.371. The van der Waals surface area contributed by atoms with Crippen molar-refractivity contribution in [3.8, 4) is 0 Å². The largest absolute Gasteiger partial charge is 0.133 e. The molecule has 0 aromatic rings. The summed E-state index contributed by atoms with van der Waals surface area (Å²) in [5.41, 5.74) is 0. The molecule has 0 heterocycles. The molecule has 0 aliphatic heterocycles. The van der Waals surface area contributed by atoms with Gasteiger partial charge in [0.1, 0.15) is 6.71 Å². The van der Waals surface area contributed by atoms with Gasteiger partial charge >= 0.3 is 0 Å². The first-order valence-corrected chi connectivity index (χ1v) is 5.68. The molecule has 0 unspecified atom stereocenters. The van der Waals surface area contributed by atoms with Gasteiger partial charge < -0.3 is 0 Å². The Hall–Kier alpha value is 0.282. The quantitative estimate of drug-likeness (QED) is 0.486. The third-order valence-electron chi connectivity index (χ3n) is 1.14. The SMILES string of the molecule is C[SiH2]CCB(C)C. The van der Waals surface area contributed by atoms with E-state index in [-0.39, 0.29) is 0 Å². The van der Waals surface area contributed by atoms with Crippen LogP contribution >= 0.6 is 0 Å². The maximum Gasteiger partial charge on any atom is 0.133 e. The van der Waals surface area contributed by atoms with Gasteiger partial charge in [-0.25, -0.2) is 0 Å². The molecule has 0 radical (unpaired) electrons. The highest BCUT2D eigenvalue weighted by Gasteiger charge is 1.93. The fraction of sp³-hybridized carbons (Fsp3) is 1.00. The highest BCUT2D eigenvalue weighted by atomic mass is 28.2. The van der Waals surface area contributed by atoms with Crippen molar-refractivity contribution in [1.82, 2.24) is 0 Å². The van der Waals surface area contributed by atoms with Crippen molar-refractivity contribution in [3.05, 3.63) is 0 Å². The van der Waals surface area contributed by atoms with Gasteiger partial charge in [0.05, 0.1) is 0 Å². The van der Waals surface area contributed by atoms with Gasteiger partial charge in [-0.3, -0.25) is 0 Å². The van der Waals surface area contributed by atoms with Crippen LogP contribution < -0.4 is 0 Å². The molecule has 0 saturated heterocycles. The summed E-state index contributed by atoms with van der Waals surface area (Å²) in [5.74, 6) is 0. The molecule has 0 bridgehead atoms. The normalized spacial score (nSPS) is 10.7. The molecule has 0 atom stereocenters. The van der Waals surface area contributed by atoms with Crippen LogP contribution in [-0.2, 0) is 0 Å². The molecule has 0 aliphatic rings. The number of hydrogen-bond acceptors (Lipinski definition) is 0. The minimum Gasteiger partial charge on any atom is -0.0863 e. The molecule has 7 heavy (non-hydrogen) atoms. The average Bonchev–Trinajstić information content (AvgIpc) is 1.61. The Morgan fingerprint density at radius 1 is 1.43 bits per heavy atom.